The van der Waals surface area contributed by atoms with Gasteiger partial charge in [-0.25, -0.2) is 4.79 Å². The highest BCUT2D eigenvalue weighted by Crippen LogP contribution is 2.25. The molecule has 23 heavy (non-hydrogen) atoms. The Labute approximate surface area is 138 Å². The van der Waals surface area contributed by atoms with E-state index in [9.17, 15) is 9.59 Å². The molecule has 0 heterocycles. The van der Waals surface area contributed by atoms with Gasteiger partial charge in [0, 0.05) is 5.69 Å². The first-order valence-electron chi connectivity index (χ1n) is 6.89. The van der Waals surface area contributed by atoms with Crippen molar-refractivity contribution in [2.45, 2.75) is 13.8 Å². The number of nitrogens with one attached hydrogen (secondary N) is 1. The normalized spacial score (nSPS) is 10.2. The lowest BCUT2D eigenvalue weighted by atomic mass is 10.1. The van der Waals surface area contributed by atoms with Crippen molar-refractivity contribution >= 4 is 29.2 Å². The number of hydrogen-bond donors (Lipinski definition) is 2. The Balaban J connectivity index is 1.98. The Bertz CT molecular complexity index is 738. The van der Waals surface area contributed by atoms with E-state index in [1.165, 1.54) is 18.2 Å². The SMILES string of the molecule is Cc1cc(C)cc(NC(=O)COc2ccc(C(=O)O)cc2Cl)c1. The number of carboxylic acid groups (broad SMARTS) is 1. The molecule has 0 saturated heterocycles. The summed E-state index contributed by atoms with van der Waals surface area (Å²) in [5.41, 5.74) is 2.85. The number of carboxylic acids is 1. The van der Waals surface area contributed by atoms with E-state index in [4.69, 9.17) is 21.4 Å². The molecule has 2 aromatic rings. The molecule has 0 spiro atoms. The molecule has 5 nitrogen and oxygen atoms in total. The fourth-order valence-electron chi connectivity index (χ4n) is 2.14. The Morgan fingerprint density at radius 2 is 1.78 bits per heavy atom. The number of rotatable bonds is 5. The van der Waals surface area contributed by atoms with Crippen molar-refractivity contribution in [3.05, 3.63) is 58.1 Å². The molecule has 2 aromatic carbocycles. The topological polar surface area (TPSA) is 75.6 Å². The van der Waals surface area contributed by atoms with Crippen LogP contribution in [0.3, 0.4) is 0 Å². The van der Waals surface area contributed by atoms with Gasteiger partial charge in [0.25, 0.3) is 5.91 Å². The number of amides is 1. The molecule has 0 fully saturated rings. The maximum absolute atomic E-state index is 11.9. The molecule has 0 aromatic heterocycles. The second kappa shape index (κ2) is 7.15. The van der Waals surface area contributed by atoms with Crippen LogP contribution in [0.2, 0.25) is 5.02 Å². The lowest BCUT2D eigenvalue weighted by molar-refractivity contribution is -0.118. The van der Waals surface area contributed by atoms with Crippen molar-refractivity contribution in [3.63, 3.8) is 0 Å². The fourth-order valence-corrected chi connectivity index (χ4v) is 2.37. The second-order valence-corrected chi connectivity index (χ2v) is 5.57. The summed E-state index contributed by atoms with van der Waals surface area (Å²) in [7, 11) is 0. The van der Waals surface area contributed by atoms with Crippen LogP contribution in [0.4, 0.5) is 5.69 Å². The number of carbonyl (C=O) groups excluding carboxylic acids is 1. The number of ether oxygens (including phenoxy) is 1. The third kappa shape index (κ3) is 4.72. The molecule has 6 heteroatoms. The summed E-state index contributed by atoms with van der Waals surface area (Å²) in [6.45, 7) is 3.67. The molecule has 0 unspecified atom stereocenters. The number of carbonyl (C=O) groups is 2. The van der Waals surface area contributed by atoms with Crippen molar-refractivity contribution in [2.75, 3.05) is 11.9 Å². The zero-order valence-electron chi connectivity index (χ0n) is 12.7. The summed E-state index contributed by atoms with van der Waals surface area (Å²) in [5, 5.41) is 11.7. The van der Waals surface area contributed by atoms with E-state index in [1.807, 2.05) is 32.0 Å². The van der Waals surface area contributed by atoms with Gasteiger partial charge in [-0.05, 0) is 55.3 Å². The van der Waals surface area contributed by atoms with Crippen molar-refractivity contribution in [3.8, 4) is 5.75 Å². The van der Waals surface area contributed by atoms with Crippen LogP contribution in [-0.2, 0) is 4.79 Å². The van der Waals surface area contributed by atoms with Crippen LogP contribution < -0.4 is 10.1 Å². The van der Waals surface area contributed by atoms with E-state index >= 15 is 0 Å². The van der Waals surface area contributed by atoms with Gasteiger partial charge in [-0.1, -0.05) is 17.7 Å². The van der Waals surface area contributed by atoms with Crippen LogP contribution in [0, 0.1) is 13.8 Å². The molecule has 120 valence electrons. The average molecular weight is 334 g/mol. The third-order valence-electron chi connectivity index (χ3n) is 3.04. The summed E-state index contributed by atoms with van der Waals surface area (Å²) in [6.07, 6.45) is 0. The smallest absolute Gasteiger partial charge is 0.335 e. The van der Waals surface area contributed by atoms with Crippen LogP contribution in [-0.4, -0.2) is 23.6 Å². The monoisotopic (exact) mass is 333 g/mol. The van der Waals surface area contributed by atoms with E-state index in [0.29, 0.717) is 5.69 Å². The van der Waals surface area contributed by atoms with Crippen molar-refractivity contribution < 1.29 is 19.4 Å². The first kappa shape index (κ1) is 16.8. The number of halogens is 1. The second-order valence-electron chi connectivity index (χ2n) is 5.16. The van der Waals surface area contributed by atoms with E-state index in [1.54, 1.807) is 0 Å². The zero-order valence-corrected chi connectivity index (χ0v) is 13.5. The first-order chi connectivity index (χ1) is 10.8. The van der Waals surface area contributed by atoms with Gasteiger partial charge in [0.1, 0.15) is 5.75 Å². The summed E-state index contributed by atoms with van der Waals surface area (Å²) < 4.78 is 5.33. The lowest BCUT2D eigenvalue weighted by Gasteiger charge is -2.10. The quantitative estimate of drug-likeness (QED) is 0.875. The highest BCUT2D eigenvalue weighted by molar-refractivity contribution is 6.32. The fraction of sp³-hybridized carbons (Fsp3) is 0.176. The molecule has 0 radical (unpaired) electrons. The molecule has 2 N–H and O–H groups in total. The molecule has 0 aliphatic carbocycles. The van der Waals surface area contributed by atoms with Gasteiger partial charge in [0.2, 0.25) is 0 Å². The standard InChI is InChI=1S/C17H16ClNO4/c1-10-5-11(2)7-13(6-10)19-16(20)9-23-15-4-3-12(17(21)22)8-14(15)18/h3-8H,9H2,1-2H3,(H,19,20)(H,21,22). The Morgan fingerprint density at radius 1 is 1.13 bits per heavy atom. The number of anilines is 1. The average Bonchev–Trinajstić information content (AvgIpc) is 2.44. The molecule has 0 aliphatic heterocycles. The first-order valence-corrected chi connectivity index (χ1v) is 7.27. The van der Waals surface area contributed by atoms with Crippen molar-refractivity contribution in [1.29, 1.82) is 0 Å². The zero-order chi connectivity index (χ0) is 17.0. The Morgan fingerprint density at radius 3 is 2.35 bits per heavy atom. The van der Waals surface area contributed by atoms with Gasteiger partial charge in [0.05, 0.1) is 10.6 Å². The lowest BCUT2D eigenvalue weighted by Crippen LogP contribution is -2.20. The van der Waals surface area contributed by atoms with Crippen molar-refractivity contribution in [1.82, 2.24) is 0 Å². The predicted molar refractivity (Wildman–Crippen MR) is 88.5 cm³/mol. The molecular weight excluding hydrogens is 318 g/mol. The van der Waals surface area contributed by atoms with Gasteiger partial charge in [-0.15, -0.1) is 0 Å². The highest BCUT2D eigenvalue weighted by Gasteiger charge is 2.10. The summed E-state index contributed by atoms with van der Waals surface area (Å²) in [4.78, 5) is 22.7. The van der Waals surface area contributed by atoms with Gasteiger partial charge in [-0.3, -0.25) is 4.79 Å². The molecular formula is C17H16ClNO4. The highest BCUT2D eigenvalue weighted by atomic mass is 35.5. The summed E-state index contributed by atoms with van der Waals surface area (Å²) in [5.74, 6) is -1.15. The minimum absolute atomic E-state index is 0.0574. The van der Waals surface area contributed by atoms with Gasteiger partial charge >= 0.3 is 5.97 Å². The van der Waals surface area contributed by atoms with Crippen LogP contribution in [0.1, 0.15) is 21.5 Å². The maximum Gasteiger partial charge on any atom is 0.335 e. The van der Waals surface area contributed by atoms with Crippen LogP contribution in [0.15, 0.2) is 36.4 Å². The van der Waals surface area contributed by atoms with E-state index in [-0.39, 0.29) is 28.8 Å². The van der Waals surface area contributed by atoms with Crippen LogP contribution in [0.5, 0.6) is 5.75 Å². The summed E-state index contributed by atoms with van der Waals surface area (Å²) >= 11 is 5.94. The van der Waals surface area contributed by atoms with Crippen molar-refractivity contribution in [2.24, 2.45) is 0 Å². The van der Waals surface area contributed by atoms with E-state index in [0.717, 1.165) is 11.1 Å². The molecule has 0 atom stereocenters. The van der Waals surface area contributed by atoms with Gasteiger partial charge in [0.15, 0.2) is 6.61 Å². The minimum atomic E-state index is -1.08. The Kier molecular flexibility index (Phi) is 5.24. The largest absolute Gasteiger partial charge is 0.482 e. The molecule has 0 bridgehead atoms. The number of aromatic carboxylic acids is 1. The van der Waals surface area contributed by atoms with Crippen LogP contribution in [0.25, 0.3) is 0 Å². The third-order valence-corrected chi connectivity index (χ3v) is 3.34. The van der Waals surface area contributed by atoms with E-state index < -0.39 is 5.97 Å². The predicted octanol–water partition coefficient (Wildman–Crippen LogP) is 3.67. The van der Waals surface area contributed by atoms with Gasteiger partial charge in [-0.2, -0.15) is 0 Å². The summed E-state index contributed by atoms with van der Waals surface area (Å²) in [6, 6.07) is 9.80. The van der Waals surface area contributed by atoms with Gasteiger partial charge < -0.3 is 15.2 Å². The number of benzene rings is 2. The Hall–Kier alpha value is -2.53. The number of aryl methyl sites for hydroxylation is 2. The van der Waals surface area contributed by atoms with Crippen LogP contribution >= 0.6 is 11.6 Å². The molecule has 1 amide bonds. The molecule has 0 aliphatic rings. The van der Waals surface area contributed by atoms with E-state index in [2.05, 4.69) is 5.32 Å². The molecule has 2 rings (SSSR count). The maximum atomic E-state index is 11.9. The number of hydrogen-bond acceptors (Lipinski definition) is 3. The minimum Gasteiger partial charge on any atom is -0.482 e. The molecule has 0 saturated carbocycles.